The summed E-state index contributed by atoms with van der Waals surface area (Å²) >= 11 is 0. The predicted octanol–water partition coefficient (Wildman–Crippen LogP) is 1.12. The van der Waals surface area contributed by atoms with Gasteiger partial charge in [-0.2, -0.15) is 0 Å². The van der Waals surface area contributed by atoms with Gasteiger partial charge in [-0.1, -0.05) is 0 Å². The predicted molar refractivity (Wildman–Crippen MR) is 65.1 cm³/mol. The molecule has 0 aromatic carbocycles. The maximum atomic E-state index is 12.2. The molecule has 3 atom stereocenters. The standard InChI is InChI=1S/C13H21NO4/c1-3-18-10-7-9(10)11(15)14-6-4-5-13(2,8-14)12(16)17/h9-10H,3-8H2,1-2H3,(H,16,17). The first-order chi connectivity index (χ1) is 8.48. The van der Waals surface area contributed by atoms with Crippen molar-refractivity contribution in [2.45, 2.75) is 39.2 Å². The van der Waals surface area contributed by atoms with Crippen LogP contribution in [0.25, 0.3) is 0 Å². The van der Waals surface area contributed by atoms with Gasteiger partial charge in [0.15, 0.2) is 0 Å². The summed E-state index contributed by atoms with van der Waals surface area (Å²) in [6.07, 6.45) is 2.25. The van der Waals surface area contributed by atoms with Crippen molar-refractivity contribution in [1.82, 2.24) is 4.90 Å². The molecule has 5 heteroatoms. The van der Waals surface area contributed by atoms with Gasteiger partial charge in [0.1, 0.15) is 0 Å². The van der Waals surface area contributed by atoms with E-state index < -0.39 is 11.4 Å². The van der Waals surface area contributed by atoms with Crippen LogP contribution in [0.4, 0.5) is 0 Å². The molecule has 5 nitrogen and oxygen atoms in total. The van der Waals surface area contributed by atoms with E-state index in [4.69, 9.17) is 4.74 Å². The molecule has 0 aromatic rings. The Hall–Kier alpha value is -1.10. The highest BCUT2D eigenvalue weighted by Crippen LogP contribution is 2.38. The molecule has 2 fully saturated rings. The van der Waals surface area contributed by atoms with Crippen molar-refractivity contribution in [3.05, 3.63) is 0 Å². The summed E-state index contributed by atoms with van der Waals surface area (Å²) in [4.78, 5) is 25.2. The normalized spacial score (nSPS) is 35.3. The number of rotatable bonds is 4. The van der Waals surface area contributed by atoms with Crippen LogP contribution < -0.4 is 0 Å². The third-order valence-corrected chi connectivity index (χ3v) is 3.95. The highest BCUT2D eigenvalue weighted by atomic mass is 16.5. The largest absolute Gasteiger partial charge is 0.481 e. The number of amides is 1. The zero-order chi connectivity index (χ0) is 13.3. The van der Waals surface area contributed by atoms with Crippen molar-refractivity contribution in [3.8, 4) is 0 Å². The second-order valence-electron chi connectivity index (χ2n) is 5.57. The third kappa shape index (κ3) is 2.51. The molecule has 1 N–H and O–H groups in total. The molecule has 1 saturated heterocycles. The SMILES string of the molecule is CCOC1CC1C(=O)N1CCCC(C)(C(=O)O)C1. The van der Waals surface area contributed by atoms with Gasteiger partial charge in [-0.25, -0.2) is 0 Å². The van der Waals surface area contributed by atoms with Crippen molar-refractivity contribution in [2.75, 3.05) is 19.7 Å². The molecular formula is C13H21NO4. The molecule has 3 unspecified atom stereocenters. The first-order valence-electron chi connectivity index (χ1n) is 6.62. The van der Waals surface area contributed by atoms with Gasteiger partial charge in [0.25, 0.3) is 0 Å². The van der Waals surface area contributed by atoms with Crippen LogP contribution in [0.2, 0.25) is 0 Å². The lowest BCUT2D eigenvalue weighted by Crippen LogP contribution is -2.49. The van der Waals surface area contributed by atoms with E-state index in [0.29, 0.717) is 26.1 Å². The number of hydrogen-bond acceptors (Lipinski definition) is 3. The number of carboxylic acid groups (broad SMARTS) is 1. The number of piperidine rings is 1. The number of carbonyl (C=O) groups excluding carboxylic acids is 1. The molecule has 1 heterocycles. The van der Waals surface area contributed by atoms with Crippen LogP contribution in [-0.2, 0) is 14.3 Å². The van der Waals surface area contributed by atoms with Gasteiger partial charge in [-0.3, -0.25) is 9.59 Å². The second-order valence-corrected chi connectivity index (χ2v) is 5.57. The number of nitrogens with zero attached hydrogens (tertiary/aromatic N) is 1. The Morgan fingerprint density at radius 1 is 1.50 bits per heavy atom. The molecule has 2 aliphatic rings. The summed E-state index contributed by atoms with van der Waals surface area (Å²) in [6.45, 7) is 5.28. The molecule has 102 valence electrons. The average molecular weight is 255 g/mol. The minimum Gasteiger partial charge on any atom is -0.481 e. The van der Waals surface area contributed by atoms with Gasteiger partial charge in [0.2, 0.25) is 5.91 Å². The average Bonchev–Trinajstić information content (AvgIpc) is 3.08. The number of likely N-dealkylation sites (tertiary alicyclic amines) is 1. The number of hydrogen-bond donors (Lipinski definition) is 1. The Bertz CT molecular complexity index is 357. The summed E-state index contributed by atoms with van der Waals surface area (Å²) in [6, 6.07) is 0. The minimum absolute atomic E-state index is 0.0407. The molecule has 1 aliphatic heterocycles. The topological polar surface area (TPSA) is 66.8 Å². The molecule has 0 spiro atoms. The quantitative estimate of drug-likeness (QED) is 0.817. The van der Waals surface area contributed by atoms with Crippen molar-refractivity contribution < 1.29 is 19.4 Å². The van der Waals surface area contributed by atoms with Gasteiger partial charge in [0.05, 0.1) is 17.4 Å². The summed E-state index contributed by atoms with van der Waals surface area (Å²) < 4.78 is 5.41. The Kier molecular flexibility index (Phi) is 3.61. The Labute approximate surface area is 107 Å². The Morgan fingerprint density at radius 2 is 2.22 bits per heavy atom. The van der Waals surface area contributed by atoms with E-state index in [1.165, 1.54) is 0 Å². The summed E-state index contributed by atoms with van der Waals surface area (Å²) in [7, 11) is 0. The van der Waals surface area contributed by atoms with Crippen LogP contribution in [0.3, 0.4) is 0 Å². The molecule has 0 radical (unpaired) electrons. The number of carbonyl (C=O) groups is 2. The fourth-order valence-corrected chi connectivity index (χ4v) is 2.67. The highest BCUT2D eigenvalue weighted by Gasteiger charge is 2.48. The van der Waals surface area contributed by atoms with Crippen LogP contribution in [0.1, 0.15) is 33.1 Å². The van der Waals surface area contributed by atoms with E-state index >= 15 is 0 Å². The lowest BCUT2D eigenvalue weighted by Gasteiger charge is -2.37. The summed E-state index contributed by atoms with van der Waals surface area (Å²) in [5.41, 5.74) is -0.788. The molecule has 0 bridgehead atoms. The monoisotopic (exact) mass is 255 g/mol. The first kappa shape index (κ1) is 13.3. The molecule has 0 aromatic heterocycles. The number of ether oxygens (including phenoxy) is 1. The van der Waals surface area contributed by atoms with Crippen LogP contribution in [0.5, 0.6) is 0 Å². The van der Waals surface area contributed by atoms with E-state index in [9.17, 15) is 14.7 Å². The van der Waals surface area contributed by atoms with Gasteiger partial charge in [-0.05, 0) is 33.1 Å². The maximum Gasteiger partial charge on any atom is 0.311 e. The van der Waals surface area contributed by atoms with Gasteiger partial charge in [-0.15, -0.1) is 0 Å². The molecule has 1 saturated carbocycles. The van der Waals surface area contributed by atoms with Crippen LogP contribution in [0, 0.1) is 11.3 Å². The lowest BCUT2D eigenvalue weighted by atomic mass is 9.82. The third-order valence-electron chi connectivity index (χ3n) is 3.95. The summed E-state index contributed by atoms with van der Waals surface area (Å²) in [5, 5.41) is 9.22. The van der Waals surface area contributed by atoms with Gasteiger partial charge >= 0.3 is 5.97 Å². The first-order valence-corrected chi connectivity index (χ1v) is 6.62. The fourth-order valence-electron chi connectivity index (χ4n) is 2.67. The molecule has 1 aliphatic carbocycles. The van der Waals surface area contributed by atoms with Gasteiger partial charge < -0.3 is 14.7 Å². The van der Waals surface area contributed by atoms with Crippen molar-refractivity contribution >= 4 is 11.9 Å². The van der Waals surface area contributed by atoms with Crippen molar-refractivity contribution in [1.29, 1.82) is 0 Å². The zero-order valence-electron chi connectivity index (χ0n) is 11.0. The molecule has 2 rings (SSSR count). The number of aliphatic carboxylic acids is 1. The Morgan fingerprint density at radius 3 is 2.83 bits per heavy atom. The van der Waals surface area contributed by atoms with Crippen molar-refractivity contribution in [2.24, 2.45) is 11.3 Å². The van der Waals surface area contributed by atoms with Crippen LogP contribution >= 0.6 is 0 Å². The maximum absolute atomic E-state index is 12.2. The zero-order valence-corrected chi connectivity index (χ0v) is 11.0. The van der Waals surface area contributed by atoms with E-state index in [0.717, 1.165) is 12.8 Å². The van der Waals surface area contributed by atoms with E-state index in [-0.39, 0.29) is 17.9 Å². The van der Waals surface area contributed by atoms with E-state index in [1.807, 2.05) is 6.92 Å². The number of carboxylic acids is 1. The highest BCUT2D eigenvalue weighted by molar-refractivity contribution is 5.83. The van der Waals surface area contributed by atoms with E-state index in [2.05, 4.69) is 0 Å². The molecular weight excluding hydrogens is 234 g/mol. The van der Waals surface area contributed by atoms with Crippen molar-refractivity contribution in [3.63, 3.8) is 0 Å². The molecule has 18 heavy (non-hydrogen) atoms. The Balaban J connectivity index is 1.94. The van der Waals surface area contributed by atoms with E-state index in [1.54, 1.807) is 11.8 Å². The van der Waals surface area contributed by atoms with Crippen LogP contribution in [-0.4, -0.2) is 47.7 Å². The smallest absolute Gasteiger partial charge is 0.311 e. The second kappa shape index (κ2) is 4.88. The fraction of sp³-hybridized carbons (Fsp3) is 0.846. The summed E-state index contributed by atoms with van der Waals surface area (Å²) in [5.74, 6) is -0.779. The van der Waals surface area contributed by atoms with Gasteiger partial charge in [0, 0.05) is 19.7 Å². The lowest BCUT2D eigenvalue weighted by molar-refractivity contribution is -0.154. The molecule has 1 amide bonds. The van der Waals surface area contributed by atoms with Crippen LogP contribution in [0.15, 0.2) is 0 Å². The minimum atomic E-state index is -0.808.